The molecule has 36 heavy (non-hydrogen) atoms. The molecule has 7 heteroatoms. The lowest BCUT2D eigenvalue weighted by Gasteiger charge is -2.31. The molecular formula is C29H33N5OS. The van der Waals surface area contributed by atoms with Crippen LogP contribution < -0.4 is 0 Å². The van der Waals surface area contributed by atoms with Gasteiger partial charge in [-0.3, -0.25) is 14.3 Å². The first-order valence-corrected chi connectivity index (χ1v) is 13.7. The predicted octanol–water partition coefficient (Wildman–Crippen LogP) is 6.53. The average Bonchev–Trinajstić information content (AvgIpc) is 3.45. The number of hydrogen-bond acceptors (Lipinski definition) is 5. The molecule has 2 unspecified atom stereocenters. The summed E-state index contributed by atoms with van der Waals surface area (Å²) in [6, 6.07) is 16.7. The van der Waals surface area contributed by atoms with Gasteiger partial charge in [0.05, 0.1) is 5.75 Å². The van der Waals surface area contributed by atoms with Crippen LogP contribution in [-0.4, -0.2) is 35.9 Å². The summed E-state index contributed by atoms with van der Waals surface area (Å²) in [5.74, 6) is 1.85. The number of thioether (sulfide) groups is 1. The van der Waals surface area contributed by atoms with E-state index >= 15 is 0 Å². The third-order valence-electron chi connectivity index (χ3n) is 7.37. The molecule has 3 heterocycles. The minimum Gasteiger partial charge on any atom is -0.344 e. The lowest BCUT2D eigenvalue weighted by atomic mass is 9.85. The van der Waals surface area contributed by atoms with Crippen molar-refractivity contribution in [2.45, 2.75) is 64.2 Å². The monoisotopic (exact) mass is 499 g/mol. The largest absolute Gasteiger partial charge is 0.344 e. The van der Waals surface area contributed by atoms with Gasteiger partial charge in [-0.05, 0) is 56.4 Å². The molecule has 2 atom stereocenters. The van der Waals surface area contributed by atoms with Crippen LogP contribution in [0.4, 0.5) is 0 Å². The molecular weight excluding hydrogens is 466 g/mol. The molecule has 1 aromatic carbocycles. The summed E-state index contributed by atoms with van der Waals surface area (Å²) in [6.45, 7) is 7.20. The minimum absolute atomic E-state index is 0.126. The van der Waals surface area contributed by atoms with Crippen LogP contribution >= 0.6 is 11.8 Å². The fourth-order valence-electron chi connectivity index (χ4n) is 5.35. The third-order valence-corrected chi connectivity index (χ3v) is 8.32. The number of hydrogen-bond donors (Lipinski definition) is 0. The van der Waals surface area contributed by atoms with E-state index < -0.39 is 0 Å². The Hall–Kier alpha value is -3.19. The van der Waals surface area contributed by atoms with Crippen LogP contribution in [0.15, 0.2) is 66.1 Å². The smallest absolute Gasteiger partial charge is 0.192 e. The van der Waals surface area contributed by atoms with Crippen molar-refractivity contribution >= 4 is 17.5 Å². The lowest BCUT2D eigenvalue weighted by Crippen LogP contribution is -2.22. The minimum atomic E-state index is 0.126. The topological polar surface area (TPSA) is 65.6 Å². The van der Waals surface area contributed by atoms with Crippen molar-refractivity contribution in [2.75, 3.05) is 5.75 Å². The summed E-state index contributed by atoms with van der Waals surface area (Å²) >= 11 is 1.50. The summed E-state index contributed by atoms with van der Waals surface area (Å²) in [4.78, 5) is 17.7. The molecule has 0 aliphatic heterocycles. The first-order chi connectivity index (χ1) is 17.5. The molecule has 3 aromatic heterocycles. The van der Waals surface area contributed by atoms with Crippen molar-refractivity contribution in [3.05, 3.63) is 83.4 Å². The molecule has 1 aliphatic carbocycles. The molecule has 0 saturated heterocycles. The van der Waals surface area contributed by atoms with Crippen molar-refractivity contribution in [3.63, 3.8) is 0 Å². The highest BCUT2D eigenvalue weighted by Gasteiger charge is 2.29. The number of benzene rings is 1. The second-order valence-electron chi connectivity index (χ2n) is 9.82. The zero-order valence-electron chi connectivity index (χ0n) is 21.2. The zero-order chi connectivity index (χ0) is 25.1. The number of aryl methyl sites for hydroxylation is 1. The van der Waals surface area contributed by atoms with Gasteiger partial charge in [-0.25, -0.2) is 0 Å². The number of aromatic nitrogens is 5. The summed E-state index contributed by atoms with van der Waals surface area (Å²) < 4.78 is 4.50. The Kier molecular flexibility index (Phi) is 7.37. The Morgan fingerprint density at radius 1 is 1.06 bits per heavy atom. The van der Waals surface area contributed by atoms with Crippen molar-refractivity contribution in [1.29, 1.82) is 0 Å². The maximum absolute atomic E-state index is 13.4. The van der Waals surface area contributed by atoms with Gasteiger partial charge in [0.2, 0.25) is 0 Å². The molecule has 0 amide bonds. The number of nitrogens with zero attached hydrogens (tertiary/aromatic N) is 5. The van der Waals surface area contributed by atoms with Crippen molar-refractivity contribution in [3.8, 4) is 11.4 Å². The SMILES string of the molecule is Cc1cc(C(=O)CSc2nnc(-c3cccnc3)n2C2CCCCC2C)c(C)n1Cc1ccccc1. The summed E-state index contributed by atoms with van der Waals surface area (Å²) in [6.07, 6.45) is 8.39. The fraction of sp³-hybridized carbons (Fsp3) is 0.379. The van der Waals surface area contributed by atoms with Crippen LogP contribution in [0.3, 0.4) is 0 Å². The van der Waals surface area contributed by atoms with Gasteiger partial charge in [0.1, 0.15) is 0 Å². The Bertz CT molecular complexity index is 1330. The predicted molar refractivity (Wildman–Crippen MR) is 144 cm³/mol. The van der Waals surface area contributed by atoms with Crippen LogP contribution in [-0.2, 0) is 6.54 Å². The molecule has 0 radical (unpaired) electrons. The Morgan fingerprint density at radius 2 is 1.86 bits per heavy atom. The van der Waals surface area contributed by atoms with E-state index in [4.69, 9.17) is 0 Å². The quantitative estimate of drug-likeness (QED) is 0.204. The fourth-order valence-corrected chi connectivity index (χ4v) is 6.22. The van der Waals surface area contributed by atoms with Gasteiger partial charge < -0.3 is 4.57 Å². The second kappa shape index (κ2) is 10.8. The van der Waals surface area contributed by atoms with Crippen LogP contribution in [0.25, 0.3) is 11.4 Å². The first kappa shape index (κ1) is 24.5. The summed E-state index contributed by atoms with van der Waals surface area (Å²) in [5, 5.41) is 9.94. The Morgan fingerprint density at radius 3 is 2.61 bits per heavy atom. The number of carbonyl (C=O) groups excluding carboxylic acids is 1. The highest BCUT2D eigenvalue weighted by molar-refractivity contribution is 7.99. The molecule has 5 rings (SSSR count). The highest BCUT2D eigenvalue weighted by atomic mass is 32.2. The third kappa shape index (κ3) is 5.03. The lowest BCUT2D eigenvalue weighted by molar-refractivity contribution is 0.102. The Balaban J connectivity index is 1.38. The van der Waals surface area contributed by atoms with Crippen molar-refractivity contribution < 1.29 is 4.79 Å². The molecule has 1 fully saturated rings. The van der Waals surface area contributed by atoms with Gasteiger partial charge in [-0.2, -0.15) is 0 Å². The number of pyridine rings is 1. The second-order valence-corrected chi connectivity index (χ2v) is 10.8. The van der Waals surface area contributed by atoms with Gasteiger partial charge >= 0.3 is 0 Å². The van der Waals surface area contributed by atoms with E-state index in [1.54, 1.807) is 6.20 Å². The van der Waals surface area contributed by atoms with E-state index in [0.29, 0.717) is 17.7 Å². The van der Waals surface area contributed by atoms with E-state index in [1.165, 1.54) is 36.6 Å². The van der Waals surface area contributed by atoms with Gasteiger partial charge in [0.25, 0.3) is 0 Å². The van der Waals surface area contributed by atoms with Gasteiger partial charge in [-0.1, -0.05) is 61.9 Å². The molecule has 1 saturated carbocycles. The van der Waals surface area contributed by atoms with E-state index in [1.807, 2.05) is 37.4 Å². The number of carbonyl (C=O) groups is 1. The summed E-state index contributed by atoms with van der Waals surface area (Å²) in [5.41, 5.74) is 5.10. The van der Waals surface area contributed by atoms with Gasteiger partial charge in [0.15, 0.2) is 16.8 Å². The molecule has 4 aromatic rings. The molecule has 0 spiro atoms. The highest BCUT2D eigenvalue weighted by Crippen LogP contribution is 2.39. The van der Waals surface area contributed by atoms with E-state index in [9.17, 15) is 4.79 Å². The van der Waals surface area contributed by atoms with E-state index in [-0.39, 0.29) is 5.78 Å². The van der Waals surface area contributed by atoms with Gasteiger partial charge in [-0.15, -0.1) is 10.2 Å². The van der Waals surface area contributed by atoms with Crippen LogP contribution in [0.2, 0.25) is 0 Å². The number of rotatable bonds is 8. The van der Waals surface area contributed by atoms with Crippen molar-refractivity contribution in [2.24, 2.45) is 5.92 Å². The molecule has 0 bridgehead atoms. The van der Waals surface area contributed by atoms with Gasteiger partial charge in [0, 0.05) is 47.5 Å². The first-order valence-electron chi connectivity index (χ1n) is 12.7. The number of Topliss-reactive ketones (excluding diaryl/α,β-unsaturated/α-hetero) is 1. The normalized spacial score (nSPS) is 17.9. The average molecular weight is 500 g/mol. The van der Waals surface area contributed by atoms with Crippen molar-refractivity contribution in [1.82, 2.24) is 24.3 Å². The van der Waals surface area contributed by atoms with E-state index in [2.05, 4.69) is 62.4 Å². The maximum atomic E-state index is 13.4. The molecule has 1 aliphatic rings. The van der Waals surface area contributed by atoms with Crippen LogP contribution in [0.5, 0.6) is 0 Å². The molecule has 0 N–H and O–H groups in total. The summed E-state index contributed by atoms with van der Waals surface area (Å²) in [7, 11) is 0. The Labute approximate surface area is 217 Å². The van der Waals surface area contributed by atoms with E-state index in [0.717, 1.165) is 46.5 Å². The number of ketones is 1. The van der Waals surface area contributed by atoms with Crippen LogP contribution in [0, 0.1) is 19.8 Å². The maximum Gasteiger partial charge on any atom is 0.192 e. The zero-order valence-corrected chi connectivity index (χ0v) is 22.0. The molecule has 186 valence electrons. The molecule has 6 nitrogen and oxygen atoms in total. The van der Waals surface area contributed by atoms with Crippen LogP contribution in [0.1, 0.15) is 66.0 Å². The standard InChI is InChI=1S/C29H33N5OS/c1-20-10-7-8-14-26(20)34-28(24-13-9-15-30-17-24)31-32-29(34)36-19-27(35)25-16-21(2)33(22(25)3)18-23-11-5-4-6-12-23/h4-6,9,11-13,15-17,20,26H,7-8,10,14,18-19H2,1-3H3.